The number of carboxylic acid groups (broad SMARTS) is 1. The minimum Gasteiger partial charge on any atom is -0.479 e. The predicted molar refractivity (Wildman–Crippen MR) is 109 cm³/mol. The van der Waals surface area contributed by atoms with E-state index in [2.05, 4.69) is 53.3 Å². The highest BCUT2D eigenvalue weighted by molar-refractivity contribution is 5.75. The van der Waals surface area contributed by atoms with Crippen molar-refractivity contribution in [3.63, 3.8) is 0 Å². The van der Waals surface area contributed by atoms with Crippen LogP contribution in [0.3, 0.4) is 0 Å². The summed E-state index contributed by atoms with van der Waals surface area (Å²) in [6.45, 7) is 0. The molecule has 0 saturated carbocycles. The third-order valence-electron chi connectivity index (χ3n) is 3.33. The summed E-state index contributed by atoms with van der Waals surface area (Å²) in [7, 11) is 0. The number of hydrogen-bond donors (Lipinski definition) is 2. The molecule has 0 fully saturated rings. The third kappa shape index (κ3) is 19.1. The average Bonchev–Trinajstić information content (AvgIpc) is 2.66. The van der Waals surface area contributed by atoms with E-state index >= 15 is 0 Å². The number of rotatable bonds is 10. The van der Waals surface area contributed by atoms with Gasteiger partial charge < -0.3 is 10.2 Å². The van der Waals surface area contributed by atoms with Gasteiger partial charge in [-0.1, -0.05) is 54.9 Å². The fourth-order valence-corrected chi connectivity index (χ4v) is 1.92. The summed E-state index contributed by atoms with van der Waals surface area (Å²) in [5.74, 6) is 23.2. The Morgan fingerprint density at radius 2 is 1.41 bits per heavy atom. The molecular weight excluding hydrogens is 336 g/mol. The fraction of sp³-hybridized carbons (Fsp3) is 0.458. The van der Waals surface area contributed by atoms with Crippen LogP contribution in [0, 0.1) is 59.7 Å². The topological polar surface area (TPSA) is 57.5 Å². The number of unbranched alkanes of at least 4 members (excludes halogenated alkanes) is 8. The van der Waals surface area contributed by atoms with E-state index in [0.717, 1.165) is 57.8 Å². The molecule has 0 spiro atoms. The first-order chi connectivity index (χ1) is 13.2. The van der Waals surface area contributed by atoms with Gasteiger partial charge in [-0.05, 0) is 55.4 Å². The molecule has 0 aromatic heterocycles. The van der Waals surface area contributed by atoms with Gasteiger partial charge in [-0.3, -0.25) is 0 Å². The summed E-state index contributed by atoms with van der Waals surface area (Å²) in [4.78, 5) is 10.3. The van der Waals surface area contributed by atoms with Crippen LogP contribution < -0.4 is 0 Å². The van der Waals surface area contributed by atoms with E-state index < -0.39 is 12.1 Å². The molecule has 0 bridgehead atoms. The predicted octanol–water partition coefficient (Wildman–Crippen LogP) is 3.54. The van der Waals surface area contributed by atoms with Crippen LogP contribution in [0.5, 0.6) is 0 Å². The van der Waals surface area contributed by atoms with Crippen molar-refractivity contribution in [2.24, 2.45) is 0 Å². The fourth-order valence-electron chi connectivity index (χ4n) is 1.92. The molecule has 0 aliphatic carbocycles. The van der Waals surface area contributed by atoms with Crippen LogP contribution in [0.25, 0.3) is 0 Å². The van der Waals surface area contributed by atoms with Crippen molar-refractivity contribution < 1.29 is 15.0 Å². The van der Waals surface area contributed by atoms with E-state index in [9.17, 15) is 4.79 Å². The van der Waals surface area contributed by atoms with Gasteiger partial charge in [-0.15, -0.1) is 6.42 Å². The van der Waals surface area contributed by atoms with Crippen LogP contribution >= 0.6 is 0 Å². The van der Waals surface area contributed by atoms with Crippen LogP contribution in [0.4, 0.5) is 0 Å². The van der Waals surface area contributed by atoms with Crippen LogP contribution in [0.15, 0.2) is 12.2 Å². The maximum atomic E-state index is 10.3. The summed E-state index contributed by atoms with van der Waals surface area (Å²) in [5.41, 5.74) is 0. The molecular formula is C24H26O3. The average molecular weight is 362 g/mol. The third-order valence-corrected chi connectivity index (χ3v) is 3.33. The van der Waals surface area contributed by atoms with E-state index in [4.69, 9.17) is 16.6 Å². The van der Waals surface area contributed by atoms with Crippen molar-refractivity contribution in [3.05, 3.63) is 12.2 Å². The number of aliphatic hydroxyl groups is 1. The molecule has 140 valence electrons. The molecule has 3 nitrogen and oxygen atoms in total. The molecule has 0 aromatic carbocycles. The molecule has 3 heteroatoms. The largest absolute Gasteiger partial charge is 0.479 e. The van der Waals surface area contributed by atoms with Gasteiger partial charge in [-0.25, -0.2) is 4.79 Å². The van der Waals surface area contributed by atoms with E-state index in [1.807, 2.05) is 6.08 Å². The molecule has 0 aromatic rings. The van der Waals surface area contributed by atoms with E-state index in [1.165, 1.54) is 0 Å². The van der Waals surface area contributed by atoms with Gasteiger partial charge in [0.05, 0.1) is 0 Å². The van der Waals surface area contributed by atoms with Crippen molar-refractivity contribution in [3.8, 4) is 59.7 Å². The number of carboxylic acids is 1. The number of aliphatic carboxylic acids is 1. The first kappa shape index (κ1) is 24.0. The summed E-state index contributed by atoms with van der Waals surface area (Å²) in [6, 6.07) is 0. The van der Waals surface area contributed by atoms with Crippen molar-refractivity contribution >= 4 is 5.97 Å². The normalized spacial score (nSPS) is 9.93. The lowest BCUT2D eigenvalue weighted by molar-refractivity contribution is -0.143. The lowest BCUT2D eigenvalue weighted by atomic mass is 10.1. The lowest BCUT2D eigenvalue weighted by Gasteiger charge is -1.96. The standard InChI is InChI=1S/C24H26O3/c1-2-3-4-5-6-7-8-9-10-11-12-13-14-15-16-17-18-19-20-21-22-23(25)24(26)27/h1,3-4,23,25H,5-7,14-20H2,(H,26,27)/b4-3-. The molecule has 1 atom stereocenters. The summed E-state index contributed by atoms with van der Waals surface area (Å²) in [6.07, 6.45) is 16.5. The Kier molecular flexibility index (Phi) is 17.1. The highest BCUT2D eigenvalue weighted by Gasteiger charge is 2.06. The number of allylic oxidation sites excluding steroid dienone is 2. The number of carbonyl (C=O) groups is 1. The minimum atomic E-state index is -1.57. The zero-order chi connectivity index (χ0) is 20.0. The van der Waals surface area contributed by atoms with Gasteiger partial charge in [-0.2, -0.15) is 0 Å². The van der Waals surface area contributed by atoms with Gasteiger partial charge in [0, 0.05) is 19.3 Å². The second kappa shape index (κ2) is 19.3. The van der Waals surface area contributed by atoms with Crippen molar-refractivity contribution in [1.29, 1.82) is 0 Å². The van der Waals surface area contributed by atoms with Crippen LogP contribution in [-0.4, -0.2) is 22.3 Å². The molecule has 27 heavy (non-hydrogen) atoms. The van der Waals surface area contributed by atoms with Crippen LogP contribution in [-0.2, 0) is 4.79 Å². The zero-order valence-electron chi connectivity index (χ0n) is 15.7. The number of terminal acetylenes is 1. The molecule has 0 amide bonds. The van der Waals surface area contributed by atoms with E-state index in [0.29, 0.717) is 6.42 Å². The van der Waals surface area contributed by atoms with Crippen molar-refractivity contribution in [2.45, 2.75) is 70.3 Å². The van der Waals surface area contributed by atoms with Gasteiger partial charge in [0.2, 0.25) is 6.10 Å². The van der Waals surface area contributed by atoms with Gasteiger partial charge >= 0.3 is 5.97 Å². The molecule has 0 heterocycles. The summed E-state index contributed by atoms with van der Waals surface area (Å²) in [5, 5.41) is 17.4. The second-order valence-electron chi connectivity index (χ2n) is 5.64. The SMILES string of the molecule is C#C/C=C\CCCC#CC#CC#CCCCCCCCC#CC(O)C(=O)O. The minimum absolute atomic E-state index is 0.613. The number of hydrogen-bond acceptors (Lipinski definition) is 2. The number of aliphatic hydroxyl groups excluding tert-OH is 1. The molecule has 0 aliphatic heterocycles. The Hall–Kier alpha value is -3.03. The molecule has 1 unspecified atom stereocenters. The van der Waals surface area contributed by atoms with Crippen molar-refractivity contribution in [2.75, 3.05) is 0 Å². The Morgan fingerprint density at radius 1 is 0.852 bits per heavy atom. The maximum absolute atomic E-state index is 10.3. The molecule has 0 rings (SSSR count). The summed E-state index contributed by atoms with van der Waals surface area (Å²) < 4.78 is 0. The Morgan fingerprint density at radius 3 is 2.00 bits per heavy atom. The second-order valence-corrected chi connectivity index (χ2v) is 5.64. The molecule has 2 N–H and O–H groups in total. The van der Waals surface area contributed by atoms with Crippen molar-refractivity contribution in [1.82, 2.24) is 0 Å². The molecule has 0 radical (unpaired) electrons. The quantitative estimate of drug-likeness (QED) is 0.462. The Balaban J connectivity index is 3.57. The molecule has 0 aliphatic rings. The lowest BCUT2D eigenvalue weighted by Crippen LogP contribution is -2.16. The van der Waals surface area contributed by atoms with Gasteiger partial charge in [0.1, 0.15) is 0 Å². The van der Waals surface area contributed by atoms with Gasteiger partial charge in [0.15, 0.2) is 0 Å². The van der Waals surface area contributed by atoms with Crippen LogP contribution in [0.1, 0.15) is 64.2 Å². The van der Waals surface area contributed by atoms with E-state index in [-0.39, 0.29) is 0 Å². The monoisotopic (exact) mass is 362 g/mol. The van der Waals surface area contributed by atoms with E-state index in [1.54, 1.807) is 6.08 Å². The maximum Gasteiger partial charge on any atom is 0.345 e. The van der Waals surface area contributed by atoms with Crippen LogP contribution in [0.2, 0.25) is 0 Å². The molecule has 0 saturated heterocycles. The highest BCUT2D eigenvalue weighted by Crippen LogP contribution is 2.06. The highest BCUT2D eigenvalue weighted by atomic mass is 16.4. The summed E-state index contributed by atoms with van der Waals surface area (Å²) >= 11 is 0. The van der Waals surface area contributed by atoms with Gasteiger partial charge in [0.25, 0.3) is 0 Å². The first-order valence-corrected chi connectivity index (χ1v) is 9.14. The zero-order valence-corrected chi connectivity index (χ0v) is 15.7. The Labute approximate surface area is 163 Å². The first-order valence-electron chi connectivity index (χ1n) is 9.14. The smallest absolute Gasteiger partial charge is 0.345 e. The Bertz CT molecular complexity index is 737.